The third-order valence-corrected chi connectivity index (χ3v) is 7.14. The summed E-state index contributed by atoms with van der Waals surface area (Å²) in [7, 11) is -3.94. The Balaban J connectivity index is 1.80. The first-order valence-electron chi connectivity index (χ1n) is 11.7. The molecule has 0 unspecified atom stereocenters. The van der Waals surface area contributed by atoms with Crippen molar-refractivity contribution in [3.05, 3.63) is 83.9 Å². The van der Waals surface area contributed by atoms with E-state index in [9.17, 15) is 13.2 Å². The second-order valence-electron chi connectivity index (χ2n) is 7.77. The Kier molecular flexibility index (Phi) is 9.14. The molecule has 3 aromatic rings. The number of carbonyl (C=O) groups is 1. The molecule has 1 N–H and O–H groups in total. The molecule has 3 aromatic carbocycles. The summed E-state index contributed by atoms with van der Waals surface area (Å²) in [4.78, 5) is 13.0. The van der Waals surface area contributed by atoms with Gasteiger partial charge in [-0.1, -0.05) is 43.3 Å². The van der Waals surface area contributed by atoms with Gasteiger partial charge in [0.15, 0.2) is 11.5 Å². The van der Waals surface area contributed by atoms with E-state index in [1.807, 2.05) is 45.0 Å². The van der Waals surface area contributed by atoms with Crippen LogP contribution >= 0.6 is 0 Å². The number of anilines is 1. The Bertz CT molecular complexity index is 1210. The summed E-state index contributed by atoms with van der Waals surface area (Å²) in [6.45, 7) is 6.68. The van der Waals surface area contributed by atoms with Gasteiger partial charge in [-0.05, 0) is 67.8 Å². The van der Waals surface area contributed by atoms with Crippen LogP contribution in [0, 0.1) is 0 Å². The van der Waals surface area contributed by atoms with E-state index in [0.29, 0.717) is 30.4 Å². The van der Waals surface area contributed by atoms with Crippen LogP contribution in [0.1, 0.15) is 31.9 Å². The lowest BCUT2D eigenvalue weighted by atomic mass is 10.1. The number of carbonyl (C=O) groups excluding carboxylic acids is 1. The number of benzene rings is 3. The van der Waals surface area contributed by atoms with Crippen molar-refractivity contribution in [1.82, 2.24) is 5.32 Å². The van der Waals surface area contributed by atoms with E-state index in [-0.39, 0.29) is 18.0 Å². The van der Waals surface area contributed by atoms with Gasteiger partial charge < -0.3 is 14.8 Å². The molecule has 0 saturated heterocycles. The minimum Gasteiger partial charge on any atom is -0.490 e. The molecule has 0 fully saturated rings. The van der Waals surface area contributed by atoms with Gasteiger partial charge in [0.25, 0.3) is 10.0 Å². The highest BCUT2D eigenvalue weighted by Gasteiger charge is 2.27. The third kappa shape index (κ3) is 6.76. The molecule has 1 amide bonds. The van der Waals surface area contributed by atoms with E-state index in [1.54, 1.807) is 36.4 Å². The van der Waals surface area contributed by atoms with Gasteiger partial charge in [0.05, 0.1) is 23.8 Å². The quantitative estimate of drug-likeness (QED) is 0.397. The summed E-state index contributed by atoms with van der Waals surface area (Å²) in [5.41, 5.74) is 2.33. The average Bonchev–Trinajstić information content (AvgIpc) is 2.88. The summed E-state index contributed by atoms with van der Waals surface area (Å²) in [5.74, 6) is 0.821. The highest BCUT2D eigenvalue weighted by atomic mass is 32.2. The summed E-state index contributed by atoms with van der Waals surface area (Å²) in [6, 6.07) is 20.8. The minimum atomic E-state index is -3.94. The van der Waals surface area contributed by atoms with Gasteiger partial charge in [0.2, 0.25) is 5.91 Å². The Morgan fingerprint density at radius 2 is 1.46 bits per heavy atom. The Labute approximate surface area is 207 Å². The van der Waals surface area contributed by atoms with Crippen LogP contribution in [0.4, 0.5) is 5.69 Å². The van der Waals surface area contributed by atoms with E-state index in [1.165, 1.54) is 12.1 Å². The monoisotopic (exact) mass is 496 g/mol. The molecule has 7 nitrogen and oxygen atoms in total. The number of nitrogens with one attached hydrogen (secondary N) is 1. The van der Waals surface area contributed by atoms with Crippen molar-refractivity contribution in [2.45, 2.75) is 38.6 Å². The van der Waals surface area contributed by atoms with Crippen molar-refractivity contribution in [2.24, 2.45) is 0 Å². The highest BCUT2D eigenvalue weighted by Crippen LogP contribution is 2.28. The molecular formula is C27H32N2O5S. The standard InChI is InChI=1S/C27H32N2O5S/c1-4-21-12-15-23(16-13-21)29(35(31,32)24-10-8-7-9-11-24)20-27(30)28-19-22-14-17-25(33-5-2)26(18-22)34-6-3/h7-18H,4-6,19-20H2,1-3H3,(H,28,30). The molecule has 0 saturated carbocycles. The molecule has 186 valence electrons. The van der Waals surface area contributed by atoms with E-state index in [2.05, 4.69) is 5.32 Å². The second-order valence-corrected chi connectivity index (χ2v) is 9.63. The number of sulfonamides is 1. The Hall–Kier alpha value is -3.52. The van der Waals surface area contributed by atoms with Crippen LogP contribution in [0.3, 0.4) is 0 Å². The number of rotatable bonds is 12. The molecule has 0 atom stereocenters. The zero-order chi connectivity index (χ0) is 25.3. The summed E-state index contributed by atoms with van der Waals surface area (Å²) in [6.07, 6.45) is 0.831. The third-order valence-electron chi connectivity index (χ3n) is 5.35. The molecule has 0 bridgehead atoms. The average molecular weight is 497 g/mol. The van der Waals surface area contributed by atoms with E-state index >= 15 is 0 Å². The fourth-order valence-electron chi connectivity index (χ4n) is 3.53. The molecular weight excluding hydrogens is 464 g/mol. The molecule has 0 aliphatic heterocycles. The lowest BCUT2D eigenvalue weighted by Crippen LogP contribution is -2.40. The molecule has 0 aromatic heterocycles. The van der Waals surface area contributed by atoms with Crippen LogP contribution in [0.2, 0.25) is 0 Å². The van der Waals surface area contributed by atoms with Crippen LogP contribution in [0.15, 0.2) is 77.7 Å². The van der Waals surface area contributed by atoms with Crippen LogP contribution < -0.4 is 19.1 Å². The van der Waals surface area contributed by atoms with Gasteiger partial charge >= 0.3 is 0 Å². The molecule has 0 heterocycles. The molecule has 0 radical (unpaired) electrons. The molecule has 35 heavy (non-hydrogen) atoms. The van der Waals surface area contributed by atoms with Gasteiger partial charge in [-0.15, -0.1) is 0 Å². The van der Waals surface area contributed by atoms with E-state index in [4.69, 9.17) is 9.47 Å². The zero-order valence-corrected chi connectivity index (χ0v) is 21.2. The summed E-state index contributed by atoms with van der Waals surface area (Å²) >= 11 is 0. The van der Waals surface area contributed by atoms with Crippen molar-refractivity contribution in [3.63, 3.8) is 0 Å². The molecule has 0 aliphatic carbocycles. The first kappa shape index (κ1) is 26.1. The van der Waals surface area contributed by atoms with Gasteiger partial charge in [-0.2, -0.15) is 0 Å². The van der Waals surface area contributed by atoms with Gasteiger partial charge in [0, 0.05) is 6.54 Å². The van der Waals surface area contributed by atoms with E-state index < -0.39 is 15.9 Å². The Morgan fingerprint density at radius 3 is 2.09 bits per heavy atom. The molecule has 0 aliphatic rings. The predicted octanol–water partition coefficient (Wildman–Crippen LogP) is 4.56. The number of hydrogen-bond acceptors (Lipinski definition) is 5. The topological polar surface area (TPSA) is 84.9 Å². The fraction of sp³-hybridized carbons (Fsp3) is 0.296. The first-order chi connectivity index (χ1) is 16.9. The Morgan fingerprint density at radius 1 is 0.829 bits per heavy atom. The van der Waals surface area contributed by atoms with Crippen molar-refractivity contribution in [2.75, 3.05) is 24.1 Å². The SMILES string of the molecule is CCOc1ccc(CNC(=O)CN(c2ccc(CC)cc2)S(=O)(=O)c2ccccc2)cc1OCC. The second kappa shape index (κ2) is 12.3. The van der Waals surface area contributed by atoms with Crippen LogP contribution in [-0.4, -0.2) is 34.1 Å². The van der Waals surface area contributed by atoms with Gasteiger partial charge in [-0.25, -0.2) is 8.42 Å². The predicted molar refractivity (Wildman–Crippen MR) is 137 cm³/mol. The van der Waals surface area contributed by atoms with Crippen LogP contribution in [0.5, 0.6) is 11.5 Å². The summed E-state index contributed by atoms with van der Waals surface area (Å²) < 4.78 is 39.2. The van der Waals surface area contributed by atoms with E-state index in [0.717, 1.165) is 21.9 Å². The first-order valence-corrected chi connectivity index (χ1v) is 13.1. The lowest BCUT2D eigenvalue weighted by Gasteiger charge is -2.24. The smallest absolute Gasteiger partial charge is 0.264 e. The number of amides is 1. The zero-order valence-electron chi connectivity index (χ0n) is 20.4. The fourth-order valence-corrected chi connectivity index (χ4v) is 4.97. The van der Waals surface area contributed by atoms with Crippen LogP contribution in [-0.2, 0) is 27.8 Å². The van der Waals surface area contributed by atoms with Crippen molar-refractivity contribution >= 4 is 21.6 Å². The molecule has 0 spiro atoms. The largest absolute Gasteiger partial charge is 0.490 e. The molecule has 8 heteroatoms. The number of ether oxygens (including phenoxy) is 2. The minimum absolute atomic E-state index is 0.125. The van der Waals surface area contributed by atoms with Gasteiger partial charge in [-0.3, -0.25) is 9.10 Å². The number of aryl methyl sites for hydroxylation is 1. The summed E-state index contributed by atoms with van der Waals surface area (Å²) in [5, 5.41) is 2.82. The lowest BCUT2D eigenvalue weighted by molar-refractivity contribution is -0.119. The van der Waals surface area contributed by atoms with Crippen molar-refractivity contribution in [3.8, 4) is 11.5 Å². The normalized spacial score (nSPS) is 11.1. The van der Waals surface area contributed by atoms with Crippen molar-refractivity contribution < 1.29 is 22.7 Å². The maximum absolute atomic E-state index is 13.4. The highest BCUT2D eigenvalue weighted by molar-refractivity contribution is 7.92. The van der Waals surface area contributed by atoms with Gasteiger partial charge in [0.1, 0.15) is 6.54 Å². The number of hydrogen-bond donors (Lipinski definition) is 1. The van der Waals surface area contributed by atoms with Crippen LogP contribution in [0.25, 0.3) is 0 Å². The maximum Gasteiger partial charge on any atom is 0.264 e. The molecule has 3 rings (SSSR count). The van der Waals surface area contributed by atoms with Crippen molar-refractivity contribution in [1.29, 1.82) is 0 Å². The number of nitrogens with zero attached hydrogens (tertiary/aromatic N) is 1. The maximum atomic E-state index is 13.4.